The van der Waals surface area contributed by atoms with Gasteiger partial charge in [-0.25, -0.2) is 9.78 Å². The van der Waals surface area contributed by atoms with Crippen LogP contribution in [0.2, 0.25) is 0 Å². The van der Waals surface area contributed by atoms with Crippen molar-refractivity contribution in [3.63, 3.8) is 0 Å². The van der Waals surface area contributed by atoms with Gasteiger partial charge >= 0.3 is 5.97 Å². The summed E-state index contributed by atoms with van der Waals surface area (Å²) in [5.74, 6) is 0.287. The molecule has 1 aliphatic rings. The van der Waals surface area contributed by atoms with Crippen LogP contribution in [0, 0.1) is 6.92 Å². The maximum Gasteiger partial charge on any atom is 0.328 e. The van der Waals surface area contributed by atoms with E-state index in [0.717, 1.165) is 59.3 Å². The maximum absolute atomic E-state index is 12.7. The number of carbonyl (C=O) groups is 1. The number of piperidine rings is 1. The quantitative estimate of drug-likeness (QED) is 0.264. The Morgan fingerprint density at radius 2 is 1.87 bits per heavy atom. The summed E-state index contributed by atoms with van der Waals surface area (Å²) in [6.45, 7) is 4.75. The average Bonchev–Trinajstić information content (AvgIpc) is 2.93. The predicted molar refractivity (Wildman–Crippen MR) is 151 cm³/mol. The third kappa shape index (κ3) is 4.98. The molecule has 8 nitrogen and oxygen atoms in total. The average molecular weight is 513 g/mol. The molecule has 2 heterocycles. The van der Waals surface area contributed by atoms with Gasteiger partial charge in [0.2, 0.25) is 0 Å². The molecular formula is C30H32N4O4. The summed E-state index contributed by atoms with van der Waals surface area (Å²) in [6.07, 6.45) is 3.33. The standard InChI is InChI=1S/C30H32N4O4/c1-18-16-21-9-4-5-10-23(21)29(31-18)32-22-13-11-20(12-14-22)17-24(30(37)38-3)33-25-26(28(36)27(25)35)34-15-7-6-8-19(34)2/h4-5,9-14,16,19,24,33H,6-8,15,17H2,1-3H3,(H,31,32)/t19-,24?/m0/s1. The fourth-order valence-electron chi connectivity index (χ4n) is 5.25. The first kappa shape index (κ1) is 25.4. The second kappa shape index (κ2) is 10.7. The molecular weight excluding hydrogens is 480 g/mol. The molecule has 0 saturated carbocycles. The van der Waals surface area contributed by atoms with Crippen LogP contribution in [0.25, 0.3) is 10.8 Å². The van der Waals surface area contributed by atoms with Gasteiger partial charge in [-0.05, 0) is 62.3 Å². The molecule has 1 saturated heterocycles. The van der Waals surface area contributed by atoms with Crippen LogP contribution in [0.4, 0.5) is 22.9 Å². The number of ether oxygens (including phenoxy) is 1. The van der Waals surface area contributed by atoms with Gasteiger partial charge in [0.15, 0.2) is 0 Å². The minimum atomic E-state index is -0.802. The van der Waals surface area contributed by atoms with E-state index in [9.17, 15) is 14.4 Å². The zero-order valence-electron chi connectivity index (χ0n) is 21.9. The van der Waals surface area contributed by atoms with E-state index >= 15 is 0 Å². The predicted octanol–water partition coefficient (Wildman–Crippen LogP) is 4.46. The van der Waals surface area contributed by atoms with Crippen LogP contribution in [-0.4, -0.2) is 36.7 Å². The fraction of sp³-hybridized carbons (Fsp3) is 0.333. The lowest BCUT2D eigenvalue weighted by Crippen LogP contribution is -2.49. The number of fused-ring (bicyclic) bond motifs is 1. The smallest absolute Gasteiger partial charge is 0.328 e. The molecule has 2 N–H and O–H groups in total. The highest BCUT2D eigenvalue weighted by Crippen LogP contribution is 2.29. The highest BCUT2D eigenvalue weighted by molar-refractivity contribution is 5.93. The van der Waals surface area contributed by atoms with Gasteiger partial charge in [-0.3, -0.25) is 9.59 Å². The Morgan fingerprint density at radius 1 is 1.11 bits per heavy atom. The van der Waals surface area contributed by atoms with Crippen LogP contribution in [0.3, 0.4) is 0 Å². The van der Waals surface area contributed by atoms with Crippen LogP contribution < -0.4 is 26.4 Å². The fourth-order valence-corrected chi connectivity index (χ4v) is 5.25. The van der Waals surface area contributed by atoms with Crippen LogP contribution in [0.5, 0.6) is 0 Å². The second-order valence-electron chi connectivity index (χ2n) is 10.00. The number of methoxy groups -OCH3 is 1. The maximum atomic E-state index is 12.7. The van der Waals surface area contributed by atoms with E-state index in [1.165, 1.54) is 7.11 Å². The Hall–Kier alpha value is -4.20. The number of aromatic nitrogens is 1. The number of nitrogens with zero attached hydrogens (tertiary/aromatic N) is 2. The van der Waals surface area contributed by atoms with E-state index in [0.29, 0.717) is 12.1 Å². The molecule has 0 radical (unpaired) electrons. The molecule has 8 heteroatoms. The summed E-state index contributed by atoms with van der Waals surface area (Å²) in [7, 11) is 1.32. The first-order chi connectivity index (χ1) is 18.4. The van der Waals surface area contributed by atoms with Crippen molar-refractivity contribution in [1.29, 1.82) is 0 Å². The molecule has 196 valence electrons. The number of esters is 1. The Labute approximate surface area is 221 Å². The van der Waals surface area contributed by atoms with E-state index in [4.69, 9.17) is 4.74 Å². The lowest BCUT2D eigenvalue weighted by atomic mass is 9.99. The van der Waals surface area contributed by atoms with Gasteiger partial charge in [-0.1, -0.05) is 36.4 Å². The van der Waals surface area contributed by atoms with Gasteiger partial charge in [0.25, 0.3) is 10.9 Å². The Bertz CT molecular complexity index is 1540. The number of rotatable bonds is 8. The molecule has 38 heavy (non-hydrogen) atoms. The minimum absolute atomic E-state index is 0.171. The zero-order valence-corrected chi connectivity index (χ0v) is 21.9. The van der Waals surface area contributed by atoms with E-state index in [2.05, 4.69) is 34.7 Å². The molecule has 0 amide bonds. The zero-order chi connectivity index (χ0) is 26.8. The molecule has 2 atom stereocenters. The van der Waals surface area contributed by atoms with Crippen molar-refractivity contribution in [2.45, 2.75) is 51.6 Å². The summed E-state index contributed by atoms with van der Waals surface area (Å²) in [5.41, 5.74) is 2.21. The molecule has 0 spiro atoms. The molecule has 0 bridgehead atoms. The lowest BCUT2D eigenvalue weighted by Gasteiger charge is -2.37. The molecule has 5 rings (SSSR count). The Kier molecular flexibility index (Phi) is 7.13. The second-order valence-corrected chi connectivity index (χ2v) is 10.00. The summed E-state index contributed by atoms with van der Waals surface area (Å²) in [4.78, 5) is 44.3. The van der Waals surface area contributed by atoms with Gasteiger partial charge in [0, 0.05) is 35.8 Å². The van der Waals surface area contributed by atoms with Crippen molar-refractivity contribution in [1.82, 2.24) is 4.98 Å². The molecule has 1 fully saturated rings. The molecule has 4 aromatic rings. The van der Waals surface area contributed by atoms with Gasteiger partial charge in [-0.2, -0.15) is 0 Å². The highest BCUT2D eigenvalue weighted by atomic mass is 16.5. The highest BCUT2D eigenvalue weighted by Gasteiger charge is 2.33. The van der Waals surface area contributed by atoms with Gasteiger partial charge in [-0.15, -0.1) is 0 Å². The van der Waals surface area contributed by atoms with Crippen molar-refractivity contribution in [2.75, 3.05) is 29.2 Å². The summed E-state index contributed by atoms with van der Waals surface area (Å²) >= 11 is 0. The molecule has 0 aliphatic carbocycles. The van der Waals surface area contributed by atoms with E-state index in [1.54, 1.807) is 0 Å². The topological polar surface area (TPSA) is 101 Å². The Morgan fingerprint density at radius 3 is 2.61 bits per heavy atom. The van der Waals surface area contributed by atoms with Gasteiger partial charge in [0.05, 0.1) is 7.11 Å². The van der Waals surface area contributed by atoms with Gasteiger partial charge < -0.3 is 20.3 Å². The summed E-state index contributed by atoms with van der Waals surface area (Å²) < 4.78 is 5.02. The van der Waals surface area contributed by atoms with Crippen molar-refractivity contribution in [2.24, 2.45) is 0 Å². The number of carbonyl (C=O) groups excluding carboxylic acids is 1. The SMILES string of the molecule is COC(=O)C(Cc1ccc(Nc2nc(C)cc3ccccc23)cc1)Nc1c(N2CCCC[C@@H]2C)c(=O)c1=O. The third-order valence-corrected chi connectivity index (χ3v) is 7.30. The normalized spacial score (nSPS) is 16.4. The monoisotopic (exact) mass is 512 g/mol. The first-order valence-corrected chi connectivity index (χ1v) is 13.0. The number of hydrogen-bond donors (Lipinski definition) is 2. The molecule has 3 aromatic carbocycles. The number of hydrogen-bond acceptors (Lipinski definition) is 8. The molecule has 1 aromatic heterocycles. The molecule has 1 aliphatic heterocycles. The van der Waals surface area contributed by atoms with E-state index in [-0.39, 0.29) is 11.7 Å². The molecule has 1 unspecified atom stereocenters. The third-order valence-electron chi connectivity index (χ3n) is 7.30. The van der Waals surface area contributed by atoms with Crippen LogP contribution in [0.15, 0.2) is 64.2 Å². The van der Waals surface area contributed by atoms with Crippen molar-refractivity contribution in [3.8, 4) is 0 Å². The van der Waals surface area contributed by atoms with E-state index in [1.807, 2.05) is 54.3 Å². The van der Waals surface area contributed by atoms with E-state index < -0.39 is 22.9 Å². The Balaban J connectivity index is 1.34. The summed E-state index contributed by atoms with van der Waals surface area (Å²) in [5, 5.41) is 8.59. The van der Waals surface area contributed by atoms with Gasteiger partial charge in [0.1, 0.15) is 23.2 Å². The van der Waals surface area contributed by atoms with Crippen LogP contribution in [0.1, 0.15) is 37.4 Å². The minimum Gasteiger partial charge on any atom is -0.467 e. The largest absolute Gasteiger partial charge is 0.467 e. The number of aryl methyl sites for hydroxylation is 1. The first-order valence-electron chi connectivity index (χ1n) is 13.0. The summed E-state index contributed by atoms with van der Waals surface area (Å²) in [6, 6.07) is 17.2. The lowest BCUT2D eigenvalue weighted by molar-refractivity contribution is -0.141. The number of benzene rings is 2. The van der Waals surface area contributed by atoms with Crippen molar-refractivity contribution < 1.29 is 9.53 Å². The number of anilines is 4. The van der Waals surface area contributed by atoms with Crippen LogP contribution in [-0.2, 0) is 16.0 Å². The number of nitrogens with one attached hydrogen (secondary N) is 2. The van der Waals surface area contributed by atoms with Crippen molar-refractivity contribution in [3.05, 3.63) is 86.3 Å². The van der Waals surface area contributed by atoms with Crippen LogP contribution >= 0.6 is 0 Å². The number of pyridine rings is 1. The van der Waals surface area contributed by atoms with Crippen molar-refractivity contribution >= 4 is 39.6 Å².